The van der Waals surface area contributed by atoms with Crippen LogP contribution >= 0.6 is 0 Å². The van der Waals surface area contributed by atoms with Gasteiger partial charge in [0.1, 0.15) is 0 Å². The summed E-state index contributed by atoms with van der Waals surface area (Å²) >= 11 is 0. The molecule has 0 fully saturated rings. The fraction of sp³-hybridized carbons (Fsp3) is 0.942. The van der Waals surface area contributed by atoms with Gasteiger partial charge in [0.2, 0.25) is 5.91 Å². The Balaban J connectivity index is 3.35. The van der Waals surface area contributed by atoms with Crippen molar-refractivity contribution in [2.45, 2.75) is 405 Å². The van der Waals surface area contributed by atoms with Crippen molar-refractivity contribution in [2.75, 3.05) is 13.2 Å². The molecule has 0 aliphatic heterocycles. The Kier molecular flexibility index (Phi) is 63.9. The van der Waals surface area contributed by atoms with E-state index in [2.05, 4.69) is 31.3 Å². The van der Waals surface area contributed by atoms with E-state index < -0.39 is 12.1 Å². The molecule has 75 heavy (non-hydrogen) atoms. The van der Waals surface area contributed by atoms with Gasteiger partial charge in [0.05, 0.1) is 25.4 Å². The highest BCUT2D eigenvalue weighted by atomic mass is 16.5. The van der Waals surface area contributed by atoms with E-state index in [1.165, 1.54) is 321 Å². The first kappa shape index (κ1) is 73.6. The second-order valence-corrected chi connectivity index (χ2v) is 23.9. The molecule has 0 aromatic rings. The smallest absolute Gasteiger partial charge is 0.305 e. The van der Waals surface area contributed by atoms with Crippen LogP contribution in [0.2, 0.25) is 0 Å². The molecule has 0 rings (SSSR count). The third-order valence-corrected chi connectivity index (χ3v) is 16.3. The molecule has 0 spiro atoms. The quantitative estimate of drug-likeness (QED) is 0.0320. The first-order valence-electron chi connectivity index (χ1n) is 34.4. The molecule has 2 atom stereocenters. The summed E-state index contributed by atoms with van der Waals surface area (Å²) in [6, 6.07) is -0.543. The Hall–Kier alpha value is -1.40. The summed E-state index contributed by atoms with van der Waals surface area (Å²) in [7, 11) is 0. The van der Waals surface area contributed by atoms with Crippen molar-refractivity contribution in [3.05, 3.63) is 12.2 Å². The fourth-order valence-corrected chi connectivity index (χ4v) is 11.1. The van der Waals surface area contributed by atoms with Crippen LogP contribution < -0.4 is 5.32 Å². The number of aliphatic hydroxyl groups excluding tert-OH is 2. The first-order valence-corrected chi connectivity index (χ1v) is 34.4. The van der Waals surface area contributed by atoms with Crippen LogP contribution in [0.1, 0.15) is 393 Å². The van der Waals surface area contributed by atoms with E-state index in [9.17, 15) is 19.8 Å². The fourth-order valence-electron chi connectivity index (χ4n) is 11.1. The highest BCUT2D eigenvalue weighted by Gasteiger charge is 2.20. The third kappa shape index (κ3) is 61.7. The lowest BCUT2D eigenvalue weighted by Crippen LogP contribution is -2.45. The van der Waals surface area contributed by atoms with Gasteiger partial charge in [-0.15, -0.1) is 0 Å². The normalized spacial score (nSPS) is 12.5. The van der Waals surface area contributed by atoms with Gasteiger partial charge in [-0.1, -0.05) is 341 Å². The number of nitrogens with one attached hydrogen (secondary N) is 1. The minimum atomic E-state index is -0.665. The van der Waals surface area contributed by atoms with E-state index in [0.717, 1.165) is 38.5 Å². The predicted octanol–water partition coefficient (Wildman–Crippen LogP) is 22.0. The maximum Gasteiger partial charge on any atom is 0.305 e. The standard InChI is InChI=1S/C69H135NO5/c1-3-5-7-9-11-13-15-17-19-20-28-32-35-39-43-47-51-55-59-63-69(74)75-64-60-56-52-48-44-40-36-33-30-27-25-23-21-22-24-26-29-31-34-38-42-46-50-54-58-62-68(73)70-66(65-71)67(72)61-57-53-49-45-41-37-18-16-14-12-10-8-6-4-2/h22,24,66-67,71-72H,3-21,23,25-65H2,1-2H3,(H,70,73)/b24-22-. The summed E-state index contributed by atoms with van der Waals surface area (Å²) in [6.07, 6.45) is 79.7. The molecule has 0 aliphatic rings. The molecular formula is C69H135NO5. The number of hydrogen-bond donors (Lipinski definition) is 3. The number of carbonyl (C=O) groups excluding carboxylic acids is 2. The monoisotopic (exact) mass is 1060 g/mol. The maximum absolute atomic E-state index is 12.5. The SMILES string of the molecule is CCCCCCCCCCCCCCCCCCCCCC(=O)OCCCCCCCCCCCCCC/C=C\CCCCCCCCCCCC(=O)NC(CO)C(O)CCCCCCCCCCCCCCCC. The lowest BCUT2D eigenvalue weighted by Gasteiger charge is -2.22. The largest absolute Gasteiger partial charge is 0.466 e. The van der Waals surface area contributed by atoms with E-state index in [0.29, 0.717) is 25.9 Å². The summed E-state index contributed by atoms with van der Waals surface area (Å²) in [5.74, 6) is -0.0162. The number of aliphatic hydroxyl groups is 2. The molecule has 0 saturated carbocycles. The minimum absolute atomic E-state index is 0.0192. The Bertz CT molecular complexity index is 1130. The zero-order valence-electron chi connectivity index (χ0n) is 51.1. The van der Waals surface area contributed by atoms with Gasteiger partial charge >= 0.3 is 5.97 Å². The van der Waals surface area contributed by atoms with Crippen LogP contribution in [-0.2, 0) is 14.3 Å². The molecule has 446 valence electrons. The van der Waals surface area contributed by atoms with Crippen LogP contribution in [0.3, 0.4) is 0 Å². The highest BCUT2D eigenvalue weighted by Crippen LogP contribution is 2.19. The third-order valence-electron chi connectivity index (χ3n) is 16.3. The van der Waals surface area contributed by atoms with Crippen LogP contribution in [0.15, 0.2) is 12.2 Å². The number of unbranched alkanes of at least 4 members (excludes halogenated alkanes) is 52. The van der Waals surface area contributed by atoms with Crippen molar-refractivity contribution in [3.63, 3.8) is 0 Å². The van der Waals surface area contributed by atoms with Crippen molar-refractivity contribution < 1.29 is 24.5 Å². The first-order chi connectivity index (χ1) is 37.0. The molecule has 6 heteroatoms. The minimum Gasteiger partial charge on any atom is -0.466 e. The van der Waals surface area contributed by atoms with Gasteiger partial charge in [0.15, 0.2) is 0 Å². The molecular weight excluding hydrogens is 923 g/mol. The van der Waals surface area contributed by atoms with E-state index in [4.69, 9.17) is 4.74 Å². The Labute approximate surface area is 469 Å². The topological polar surface area (TPSA) is 95.9 Å². The molecule has 0 bridgehead atoms. The molecule has 0 aliphatic carbocycles. The zero-order chi connectivity index (χ0) is 54.3. The predicted molar refractivity (Wildman–Crippen MR) is 329 cm³/mol. The summed E-state index contributed by atoms with van der Waals surface area (Å²) in [5, 5.41) is 23.3. The van der Waals surface area contributed by atoms with Crippen molar-refractivity contribution in [1.82, 2.24) is 5.32 Å². The van der Waals surface area contributed by atoms with Crippen LogP contribution in [-0.4, -0.2) is 47.4 Å². The average molecular weight is 1060 g/mol. The van der Waals surface area contributed by atoms with E-state index in [1.54, 1.807) is 0 Å². The Morgan fingerprint density at radius 1 is 0.360 bits per heavy atom. The second-order valence-electron chi connectivity index (χ2n) is 23.9. The number of rotatable bonds is 65. The molecule has 6 nitrogen and oxygen atoms in total. The average Bonchev–Trinajstić information content (AvgIpc) is 3.41. The van der Waals surface area contributed by atoms with Gasteiger partial charge in [0, 0.05) is 12.8 Å². The number of carbonyl (C=O) groups is 2. The van der Waals surface area contributed by atoms with Crippen molar-refractivity contribution in [1.29, 1.82) is 0 Å². The van der Waals surface area contributed by atoms with Crippen LogP contribution in [0.25, 0.3) is 0 Å². The molecule has 0 aromatic heterocycles. The van der Waals surface area contributed by atoms with E-state index in [1.807, 2.05) is 0 Å². The Morgan fingerprint density at radius 2 is 0.627 bits per heavy atom. The maximum atomic E-state index is 12.5. The second kappa shape index (κ2) is 65.1. The molecule has 2 unspecified atom stereocenters. The summed E-state index contributed by atoms with van der Waals surface area (Å²) in [5.41, 5.74) is 0. The molecule has 1 amide bonds. The van der Waals surface area contributed by atoms with Crippen molar-refractivity contribution >= 4 is 11.9 Å². The summed E-state index contributed by atoms with van der Waals surface area (Å²) < 4.78 is 5.51. The van der Waals surface area contributed by atoms with Crippen LogP contribution in [0.4, 0.5) is 0 Å². The van der Waals surface area contributed by atoms with Gasteiger partial charge in [-0.05, 0) is 51.4 Å². The van der Waals surface area contributed by atoms with Gasteiger partial charge in [-0.25, -0.2) is 0 Å². The van der Waals surface area contributed by atoms with Gasteiger partial charge in [-0.2, -0.15) is 0 Å². The number of hydrogen-bond acceptors (Lipinski definition) is 5. The highest BCUT2D eigenvalue weighted by molar-refractivity contribution is 5.76. The molecule has 3 N–H and O–H groups in total. The molecule has 0 saturated heterocycles. The zero-order valence-corrected chi connectivity index (χ0v) is 51.1. The van der Waals surface area contributed by atoms with Gasteiger partial charge in [-0.3, -0.25) is 9.59 Å². The van der Waals surface area contributed by atoms with Gasteiger partial charge in [0.25, 0.3) is 0 Å². The summed E-state index contributed by atoms with van der Waals surface area (Å²) in [4.78, 5) is 24.6. The van der Waals surface area contributed by atoms with Crippen molar-refractivity contribution in [2.24, 2.45) is 0 Å². The van der Waals surface area contributed by atoms with Crippen LogP contribution in [0, 0.1) is 0 Å². The molecule has 0 aromatic carbocycles. The van der Waals surface area contributed by atoms with E-state index in [-0.39, 0.29) is 18.5 Å². The summed E-state index contributed by atoms with van der Waals surface area (Å²) in [6.45, 7) is 4.99. The number of allylic oxidation sites excluding steroid dienone is 2. The lowest BCUT2D eigenvalue weighted by atomic mass is 10.0. The number of esters is 1. The molecule has 0 radical (unpaired) electrons. The number of ether oxygens (including phenoxy) is 1. The Morgan fingerprint density at radius 3 is 0.947 bits per heavy atom. The van der Waals surface area contributed by atoms with Crippen molar-refractivity contribution in [3.8, 4) is 0 Å². The van der Waals surface area contributed by atoms with Gasteiger partial charge < -0.3 is 20.3 Å². The number of amides is 1. The van der Waals surface area contributed by atoms with E-state index >= 15 is 0 Å². The molecule has 0 heterocycles. The lowest BCUT2D eigenvalue weighted by molar-refractivity contribution is -0.143. The van der Waals surface area contributed by atoms with Crippen LogP contribution in [0.5, 0.6) is 0 Å².